The Morgan fingerprint density at radius 3 is 2.52 bits per heavy atom. The van der Waals surface area contributed by atoms with Gasteiger partial charge in [-0.25, -0.2) is 5.43 Å². The number of hydrogen-bond donors (Lipinski definition) is 2. The van der Waals surface area contributed by atoms with Crippen molar-refractivity contribution < 1.29 is 14.3 Å². The fourth-order valence-corrected chi connectivity index (χ4v) is 2.11. The van der Waals surface area contributed by atoms with E-state index in [-0.39, 0.29) is 0 Å². The van der Waals surface area contributed by atoms with Gasteiger partial charge in [-0.15, -0.1) is 0 Å². The third kappa shape index (κ3) is 4.65. The largest absolute Gasteiger partial charge is 0.495 e. The summed E-state index contributed by atoms with van der Waals surface area (Å²) in [6.07, 6.45) is 1.44. The first-order chi connectivity index (χ1) is 11.1. The molecule has 118 valence electrons. The third-order valence-corrected chi connectivity index (χ3v) is 3.56. The topological polar surface area (TPSA) is 79.8 Å². The Hall–Kier alpha value is -2.67. The molecule has 0 aliphatic heterocycles. The highest BCUT2D eigenvalue weighted by Gasteiger charge is 2.14. The molecule has 0 saturated heterocycles. The molecule has 0 fully saturated rings. The van der Waals surface area contributed by atoms with E-state index in [2.05, 4.69) is 31.8 Å². The standard InChI is InChI=1S/C16H14BrN3O3/c1-23-14-9-5-4-8-13(14)19-15(21)16(22)20-18-10-11-6-2-3-7-12(11)17/h2-10H,1H3,(H,19,21)(H,20,22)/b18-10+. The van der Waals surface area contributed by atoms with Crippen molar-refractivity contribution in [2.45, 2.75) is 0 Å². The number of nitrogens with zero attached hydrogens (tertiary/aromatic N) is 1. The molecule has 0 radical (unpaired) electrons. The van der Waals surface area contributed by atoms with Gasteiger partial charge in [0.25, 0.3) is 0 Å². The van der Waals surface area contributed by atoms with Crippen LogP contribution in [-0.2, 0) is 9.59 Å². The second-order valence-electron chi connectivity index (χ2n) is 4.38. The van der Waals surface area contributed by atoms with Gasteiger partial charge in [0, 0.05) is 10.0 Å². The molecule has 0 atom stereocenters. The fraction of sp³-hybridized carbons (Fsp3) is 0.0625. The lowest BCUT2D eigenvalue weighted by Crippen LogP contribution is -2.32. The molecular weight excluding hydrogens is 362 g/mol. The molecule has 2 rings (SSSR count). The summed E-state index contributed by atoms with van der Waals surface area (Å²) in [5.41, 5.74) is 3.36. The number of amides is 2. The lowest BCUT2D eigenvalue weighted by atomic mass is 10.2. The average molecular weight is 376 g/mol. The number of carbonyl (C=O) groups excluding carboxylic acids is 2. The number of halogens is 1. The van der Waals surface area contributed by atoms with Gasteiger partial charge in [0.05, 0.1) is 19.0 Å². The van der Waals surface area contributed by atoms with Crippen molar-refractivity contribution in [2.24, 2.45) is 5.10 Å². The molecule has 0 bridgehead atoms. The first-order valence-corrected chi connectivity index (χ1v) is 7.43. The summed E-state index contributed by atoms with van der Waals surface area (Å²) in [6, 6.07) is 14.2. The molecule has 0 aromatic heterocycles. The summed E-state index contributed by atoms with van der Waals surface area (Å²) in [7, 11) is 1.48. The Balaban J connectivity index is 1.95. The van der Waals surface area contributed by atoms with E-state index in [1.165, 1.54) is 13.3 Å². The number of ether oxygens (including phenoxy) is 1. The van der Waals surface area contributed by atoms with E-state index < -0.39 is 11.8 Å². The molecule has 7 heteroatoms. The van der Waals surface area contributed by atoms with Gasteiger partial charge in [-0.05, 0) is 18.2 Å². The number of para-hydroxylation sites is 2. The Morgan fingerprint density at radius 2 is 1.78 bits per heavy atom. The summed E-state index contributed by atoms with van der Waals surface area (Å²) < 4.78 is 5.93. The predicted molar refractivity (Wildman–Crippen MR) is 91.5 cm³/mol. The van der Waals surface area contributed by atoms with Crippen LogP contribution in [0.2, 0.25) is 0 Å². The van der Waals surface area contributed by atoms with Gasteiger partial charge in [-0.1, -0.05) is 46.3 Å². The van der Waals surface area contributed by atoms with E-state index in [1.54, 1.807) is 24.3 Å². The first-order valence-electron chi connectivity index (χ1n) is 6.63. The lowest BCUT2D eigenvalue weighted by molar-refractivity contribution is -0.136. The molecular formula is C16H14BrN3O3. The van der Waals surface area contributed by atoms with Crippen LogP contribution in [0.5, 0.6) is 5.75 Å². The zero-order chi connectivity index (χ0) is 16.7. The van der Waals surface area contributed by atoms with Crippen molar-refractivity contribution >= 4 is 39.6 Å². The molecule has 0 spiro atoms. The van der Waals surface area contributed by atoms with Gasteiger partial charge in [0.2, 0.25) is 0 Å². The molecule has 0 aliphatic rings. The normalized spacial score (nSPS) is 10.3. The summed E-state index contributed by atoms with van der Waals surface area (Å²) in [5.74, 6) is -1.25. The second-order valence-corrected chi connectivity index (χ2v) is 5.23. The van der Waals surface area contributed by atoms with Gasteiger partial charge in [0.15, 0.2) is 0 Å². The van der Waals surface area contributed by atoms with E-state index >= 15 is 0 Å². The first kappa shape index (κ1) is 16.7. The minimum atomic E-state index is -0.876. The third-order valence-electron chi connectivity index (χ3n) is 2.84. The van der Waals surface area contributed by atoms with E-state index in [9.17, 15) is 9.59 Å². The highest BCUT2D eigenvalue weighted by atomic mass is 79.9. The minimum Gasteiger partial charge on any atom is -0.495 e. The summed E-state index contributed by atoms with van der Waals surface area (Å²) in [4.78, 5) is 23.6. The van der Waals surface area contributed by atoms with Crippen LogP contribution >= 0.6 is 15.9 Å². The van der Waals surface area contributed by atoms with E-state index in [4.69, 9.17) is 4.74 Å². The quantitative estimate of drug-likeness (QED) is 0.489. The fourth-order valence-electron chi connectivity index (χ4n) is 1.72. The van der Waals surface area contributed by atoms with Crippen LogP contribution in [0, 0.1) is 0 Å². The Kier molecular flexibility index (Phi) is 5.87. The monoisotopic (exact) mass is 375 g/mol. The van der Waals surface area contributed by atoms with Crippen molar-refractivity contribution in [3.05, 3.63) is 58.6 Å². The Labute approximate surface area is 141 Å². The molecule has 2 aromatic rings. The van der Waals surface area contributed by atoms with Crippen LogP contribution in [-0.4, -0.2) is 25.1 Å². The van der Waals surface area contributed by atoms with Crippen molar-refractivity contribution in [3.8, 4) is 5.75 Å². The highest BCUT2D eigenvalue weighted by Crippen LogP contribution is 2.22. The van der Waals surface area contributed by atoms with Crippen LogP contribution in [0.25, 0.3) is 0 Å². The predicted octanol–water partition coefficient (Wildman–Crippen LogP) is 2.55. The zero-order valence-electron chi connectivity index (χ0n) is 12.2. The van der Waals surface area contributed by atoms with Crippen LogP contribution in [0.1, 0.15) is 5.56 Å². The molecule has 2 aromatic carbocycles. The van der Waals surface area contributed by atoms with Gasteiger partial charge in [-0.3, -0.25) is 9.59 Å². The smallest absolute Gasteiger partial charge is 0.329 e. The van der Waals surface area contributed by atoms with Crippen LogP contribution in [0.4, 0.5) is 5.69 Å². The van der Waals surface area contributed by atoms with Crippen molar-refractivity contribution in [1.82, 2.24) is 5.43 Å². The van der Waals surface area contributed by atoms with Gasteiger partial charge in [0.1, 0.15) is 5.75 Å². The van der Waals surface area contributed by atoms with Crippen LogP contribution < -0.4 is 15.5 Å². The molecule has 0 aliphatic carbocycles. The number of hydrazone groups is 1. The van der Waals surface area contributed by atoms with Crippen molar-refractivity contribution in [3.63, 3.8) is 0 Å². The van der Waals surface area contributed by atoms with E-state index in [0.29, 0.717) is 11.4 Å². The maximum Gasteiger partial charge on any atom is 0.329 e. The summed E-state index contributed by atoms with van der Waals surface area (Å²) in [6.45, 7) is 0. The number of benzene rings is 2. The van der Waals surface area contributed by atoms with E-state index in [0.717, 1.165) is 10.0 Å². The maximum absolute atomic E-state index is 11.8. The summed E-state index contributed by atoms with van der Waals surface area (Å²) in [5, 5.41) is 6.22. The zero-order valence-corrected chi connectivity index (χ0v) is 13.8. The Morgan fingerprint density at radius 1 is 1.09 bits per heavy atom. The number of rotatable bonds is 4. The molecule has 6 nitrogen and oxygen atoms in total. The average Bonchev–Trinajstić information content (AvgIpc) is 2.57. The molecule has 0 saturated carbocycles. The summed E-state index contributed by atoms with van der Waals surface area (Å²) >= 11 is 3.36. The van der Waals surface area contributed by atoms with Crippen LogP contribution in [0.15, 0.2) is 58.1 Å². The van der Waals surface area contributed by atoms with Gasteiger partial charge in [-0.2, -0.15) is 5.10 Å². The Bertz CT molecular complexity index is 747. The number of nitrogens with one attached hydrogen (secondary N) is 2. The second kappa shape index (κ2) is 8.09. The molecule has 0 heterocycles. The number of hydrogen-bond acceptors (Lipinski definition) is 4. The highest BCUT2D eigenvalue weighted by molar-refractivity contribution is 9.10. The maximum atomic E-state index is 11.8. The molecule has 2 N–H and O–H groups in total. The molecule has 2 amide bonds. The van der Waals surface area contributed by atoms with Crippen LogP contribution in [0.3, 0.4) is 0 Å². The minimum absolute atomic E-state index is 0.407. The molecule has 23 heavy (non-hydrogen) atoms. The number of carbonyl (C=O) groups is 2. The van der Waals surface area contributed by atoms with Gasteiger partial charge < -0.3 is 10.1 Å². The number of anilines is 1. The van der Waals surface area contributed by atoms with Crippen molar-refractivity contribution in [1.29, 1.82) is 0 Å². The SMILES string of the molecule is COc1ccccc1NC(=O)C(=O)N/N=C/c1ccccc1Br. The van der Waals surface area contributed by atoms with E-state index in [1.807, 2.05) is 24.3 Å². The van der Waals surface area contributed by atoms with Crippen molar-refractivity contribution in [2.75, 3.05) is 12.4 Å². The van der Waals surface area contributed by atoms with Gasteiger partial charge >= 0.3 is 11.8 Å². The lowest BCUT2D eigenvalue weighted by Gasteiger charge is -2.08. The number of methoxy groups -OCH3 is 1. The molecule has 0 unspecified atom stereocenters.